The minimum atomic E-state index is -0.816. The van der Waals surface area contributed by atoms with Crippen LogP contribution in [0.15, 0.2) is 30.5 Å². The number of carboxylic acids is 1. The van der Waals surface area contributed by atoms with Gasteiger partial charge in [0, 0.05) is 71.4 Å². The fourth-order valence-electron chi connectivity index (χ4n) is 6.21. The van der Waals surface area contributed by atoms with Gasteiger partial charge in [-0.05, 0) is 62.3 Å². The lowest BCUT2D eigenvalue weighted by Gasteiger charge is -2.39. The zero-order chi connectivity index (χ0) is 28.0. The van der Waals surface area contributed by atoms with Gasteiger partial charge in [-0.15, -0.1) is 0 Å². The van der Waals surface area contributed by atoms with E-state index in [-0.39, 0.29) is 9.84 Å². The predicted molar refractivity (Wildman–Crippen MR) is 168 cm³/mol. The van der Waals surface area contributed by atoms with Crippen LogP contribution >= 0.6 is 22.6 Å². The summed E-state index contributed by atoms with van der Waals surface area (Å²) >= 11 is 2.57. The first-order chi connectivity index (χ1) is 19.2. The molecule has 0 amide bonds. The van der Waals surface area contributed by atoms with E-state index < -0.39 is 5.97 Å². The van der Waals surface area contributed by atoms with Crippen molar-refractivity contribution in [2.75, 3.05) is 47.4 Å². The van der Waals surface area contributed by atoms with Gasteiger partial charge in [0.05, 0.1) is 12.1 Å². The van der Waals surface area contributed by atoms with Crippen LogP contribution in [0.5, 0.6) is 0 Å². The smallest absolute Gasteiger partial charge is 0.307 e. The number of benzene rings is 1. The molecule has 8 nitrogen and oxygen atoms in total. The van der Waals surface area contributed by atoms with E-state index in [2.05, 4.69) is 74.3 Å². The normalized spacial score (nSPS) is 18.4. The van der Waals surface area contributed by atoms with Crippen LogP contribution in [-0.4, -0.2) is 62.2 Å². The number of aryl methyl sites for hydroxylation is 2. The van der Waals surface area contributed by atoms with E-state index >= 15 is 0 Å². The highest BCUT2D eigenvalue weighted by molar-refractivity contribution is 14.1. The molecule has 0 atom stereocenters. The van der Waals surface area contributed by atoms with Crippen molar-refractivity contribution in [1.82, 2.24) is 15.0 Å². The molecule has 40 heavy (non-hydrogen) atoms. The van der Waals surface area contributed by atoms with E-state index in [0.717, 1.165) is 104 Å². The monoisotopic (exact) mass is 652 g/mol. The zero-order valence-electron chi connectivity index (χ0n) is 23.6. The standard InChI is InChI=1S/C31H37IN6O2/c1-20-25(18-27(39)40)29(36-15-9-31(3,32)10-16-36)28(21(2)34-20)23-5-6-24-19-38(14-8-22(24)17-23)26-7-11-33-30(35-26)37-12-4-13-37/h5-7,11,17H,4,8-10,12-16,18-19H2,1-3H3,(H,39,40). The van der Waals surface area contributed by atoms with Crippen molar-refractivity contribution in [3.8, 4) is 11.1 Å². The largest absolute Gasteiger partial charge is 0.481 e. The number of rotatable bonds is 6. The maximum absolute atomic E-state index is 11.9. The van der Waals surface area contributed by atoms with Crippen molar-refractivity contribution in [1.29, 1.82) is 0 Å². The quantitative estimate of drug-likeness (QED) is 0.282. The first-order valence-corrected chi connectivity index (χ1v) is 15.4. The van der Waals surface area contributed by atoms with Gasteiger partial charge in [0.15, 0.2) is 0 Å². The number of piperidine rings is 1. The molecule has 0 saturated carbocycles. The maximum atomic E-state index is 11.9. The summed E-state index contributed by atoms with van der Waals surface area (Å²) < 4.78 is 0.274. The number of anilines is 3. The van der Waals surface area contributed by atoms with E-state index in [1.165, 1.54) is 17.5 Å². The number of halogens is 1. The Bertz CT molecular complexity index is 1440. The Kier molecular flexibility index (Phi) is 7.35. The van der Waals surface area contributed by atoms with Gasteiger partial charge in [-0.25, -0.2) is 4.98 Å². The molecule has 2 aromatic heterocycles. The third-order valence-electron chi connectivity index (χ3n) is 8.71. The van der Waals surface area contributed by atoms with Crippen LogP contribution in [0, 0.1) is 13.8 Å². The molecule has 3 aliphatic heterocycles. The lowest BCUT2D eigenvalue weighted by atomic mass is 9.89. The number of hydrogen-bond donors (Lipinski definition) is 1. The second kappa shape index (κ2) is 10.8. The molecule has 6 rings (SSSR count). The van der Waals surface area contributed by atoms with Gasteiger partial charge >= 0.3 is 5.97 Å². The Hall–Kier alpha value is -2.95. The second-order valence-corrected chi connectivity index (χ2v) is 14.3. The average Bonchev–Trinajstić information content (AvgIpc) is 2.89. The molecule has 1 aromatic carbocycles. The summed E-state index contributed by atoms with van der Waals surface area (Å²) in [7, 11) is 0. The van der Waals surface area contributed by atoms with E-state index in [1.54, 1.807) is 0 Å². The van der Waals surface area contributed by atoms with Crippen molar-refractivity contribution >= 4 is 46.0 Å². The highest BCUT2D eigenvalue weighted by Crippen LogP contribution is 2.42. The van der Waals surface area contributed by atoms with Crippen LogP contribution < -0.4 is 14.7 Å². The number of alkyl halides is 1. The Labute approximate surface area is 250 Å². The molecule has 210 valence electrons. The van der Waals surface area contributed by atoms with Gasteiger partial charge < -0.3 is 19.8 Å². The summed E-state index contributed by atoms with van der Waals surface area (Å²) in [5.74, 6) is 1.000. The Morgan fingerprint density at radius 1 is 0.975 bits per heavy atom. The molecule has 0 bridgehead atoms. The van der Waals surface area contributed by atoms with E-state index in [1.807, 2.05) is 19.2 Å². The molecule has 0 spiro atoms. The van der Waals surface area contributed by atoms with Gasteiger partial charge in [0.2, 0.25) is 5.95 Å². The summed E-state index contributed by atoms with van der Waals surface area (Å²) in [5, 5.41) is 9.81. The zero-order valence-corrected chi connectivity index (χ0v) is 25.7. The lowest BCUT2D eigenvalue weighted by molar-refractivity contribution is -0.136. The number of pyridine rings is 1. The molecular weight excluding hydrogens is 615 g/mol. The highest BCUT2D eigenvalue weighted by atomic mass is 127. The Morgan fingerprint density at radius 2 is 1.75 bits per heavy atom. The number of hydrogen-bond acceptors (Lipinski definition) is 7. The van der Waals surface area contributed by atoms with Gasteiger partial charge in [-0.2, -0.15) is 4.98 Å². The van der Waals surface area contributed by atoms with Crippen molar-refractivity contribution in [3.05, 3.63) is 58.5 Å². The van der Waals surface area contributed by atoms with E-state index in [4.69, 9.17) is 9.97 Å². The van der Waals surface area contributed by atoms with Crippen LogP contribution in [0.4, 0.5) is 17.5 Å². The Balaban J connectivity index is 1.34. The third kappa shape index (κ3) is 5.36. The highest BCUT2D eigenvalue weighted by Gasteiger charge is 2.31. The molecule has 2 saturated heterocycles. The molecular formula is C31H37IN6O2. The summed E-state index contributed by atoms with van der Waals surface area (Å²) in [6.07, 6.45) is 6.14. The van der Waals surface area contributed by atoms with Crippen LogP contribution in [0.25, 0.3) is 11.1 Å². The summed E-state index contributed by atoms with van der Waals surface area (Å²) in [6, 6.07) is 8.78. The molecule has 0 radical (unpaired) electrons. The number of nitrogens with zero attached hydrogens (tertiary/aromatic N) is 6. The lowest BCUT2D eigenvalue weighted by Crippen LogP contribution is -2.40. The van der Waals surface area contributed by atoms with Crippen molar-refractivity contribution < 1.29 is 9.90 Å². The molecule has 3 aromatic rings. The molecule has 2 fully saturated rings. The minimum absolute atomic E-state index is 0.0162. The van der Waals surface area contributed by atoms with Crippen LogP contribution in [-0.2, 0) is 24.2 Å². The molecule has 0 unspecified atom stereocenters. The third-order valence-corrected chi connectivity index (χ3v) is 9.78. The van der Waals surface area contributed by atoms with Gasteiger partial charge in [0.1, 0.15) is 5.82 Å². The molecule has 0 aliphatic carbocycles. The predicted octanol–water partition coefficient (Wildman–Crippen LogP) is 5.35. The summed E-state index contributed by atoms with van der Waals surface area (Å²) in [4.78, 5) is 33.1. The van der Waals surface area contributed by atoms with Gasteiger partial charge in [-0.1, -0.05) is 47.7 Å². The first-order valence-electron chi connectivity index (χ1n) is 14.3. The number of carboxylic acid groups (broad SMARTS) is 1. The fourth-order valence-corrected chi connectivity index (χ4v) is 6.69. The average molecular weight is 653 g/mol. The molecule has 5 heterocycles. The molecule has 9 heteroatoms. The Morgan fingerprint density at radius 3 is 2.45 bits per heavy atom. The SMILES string of the molecule is Cc1nc(C)c(-c2ccc3c(c2)CCN(c2ccnc(N4CCC4)n2)C3)c(N2CCC(C)(I)CC2)c1CC(=O)O. The fraction of sp³-hybridized carbons (Fsp3) is 0.484. The van der Waals surface area contributed by atoms with Gasteiger partial charge in [-0.3, -0.25) is 9.78 Å². The van der Waals surface area contributed by atoms with E-state index in [9.17, 15) is 9.90 Å². The van der Waals surface area contributed by atoms with Crippen molar-refractivity contribution in [2.45, 2.75) is 62.8 Å². The van der Waals surface area contributed by atoms with Crippen LogP contribution in [0.1, 0.15) is 54.3 Å². The van der Waals surface area contributed by atoms with Crippen molar-refractivity contribution in [3.63, 3.8) is 0 Å². The second-order valence-electron chi connectivity index (χ2n) is 11.7. The van der Waals surface area contributed by atoms with Gasteiger partial charge in [0.25, 0.3) is 0 Å². The molecule has 3 aliphatic rings. The minimum Gasteiger partial charge on any atom is -0.481 e. The van der Waals surface area contributed by atoms with Crippen LogP contribution in [0.2, 0.25) is 0 Å². The van der Waals surface area contributed by atoms with Crippen molar-refractivity contribution in [2.24, 2.45) is 0 Å². The number of fused-ring (bicyclic) bond motifs is 1. The molecule has 1 N–H and O–H groups in total. The topological polar surface area (TPSA) is 85.7 Å². The summed E-state index contributed by atoms with van der Waals surface area (Å²) in [5.41, 5.74) is 8.55. The maximum Gasteiger partial charge on any atom is 0.307 e. The first kappa shape index (κ1) is 27.2. The van der Waals surface area contributed by atoms with E-state index in [0.29, 0.717) is 0 Å². The summed E-state index contributed by atoms with van der Waals surface area (Å²) in [6.45, 7) is 11.9. The van der Waals surface area contributed by atoms with Crippen LogP contribution in [0.3, 0.4) is 0 Å². The number of aliphatic carboxylic acids is 1. The number of aromatic nitrogens is 3. The number of carbonyl (C=O) groups is 1.